The van der Waals surface area contributed by atoms with Crippen molar-refractivity contribution in [1.82, 2.24) is 4.90 Å². The fraction of sp³-hybridized carbons (Fsp3) is 0.263. The molecular weight excluding hydrogens is 321 g/mol. The summed E-state index contributed by atoms with van der Waals surface area (Å²) in [6, 6.07) is 12.7. The largest absolute Gasteiger partial charge is 0.322 e. The Kier molecular flexibility index (Phi) is 4.70. The van der Waals surface area contributed by atoms with Gasteiger partial charge in [-0.3, -0.25) is 4.79 Å². The summed E-state index contributed by atoms with van der Waals surface area (Å²) in [4.78, 5) is 28.0. The molecule has 0 saturated carbocycles. The van der Waals surface area contributed by atoms with E-state index in [0.717, 1.165) is 5.56 Å². The maximum Gasteiger partial charge on any atom is 0.322 e. The highest BCUT2D eigenvalue weighted by molar-refractivity contribution is 6.01. The van der Waals surface area contributed by atoms with E-state index in [4.69, 9.17) is 0 Å². The molecule has 6 heteroatoms. The van der Waals surface area contributed by atoms with Crippen molar-refractivity contribution in [2.24, 2.45) is 0 Å². The maximum absolute atomic E-state index is 14.1. The molecular formula is C19H20FN3O2. The molecule has 0 bridgehead atoms. The molecule has 130 valence electrons. The second-order valence-electron chi connectivity index (χ2n) is 6.11. The van der Waals surface area contributed by atoms with Crippen LogP contribution in [0, 0.1) is 12.7 Å². The molecule has 0 aliphatic carbocycles. The molecule has 1 saturated heterocycles. The van der Waals surface area contributed by atoms with Gasteiger partial charge in [-0.2, -0.15) is 0 Å². The third-order valence-corrected chi connectivity index (χ3v) is 4.33. The van der Waals surface area contributed by atoms with Crippen LogP contribution in [0.25, 0.3) is 0 Å². The number of aryl methyl sites for hydroxylation is 1. The average Bonchev–Trinajstić information content (AvgIpc) is 2.60. The number of amides is 3. The summed E-state index contributed by atoms with van der Waals surface area (Å²) in [5.74, 6) is -0.729. The number of hydrogen-bond acceptors (Lipinski definition) is 2. The first-order valence-corrected chi connectivity index (χ1v) is 8.17. The molecule has 1 atom stereocenters. The van der Waals surface area contributed by atoms with E-state index in [-0.39, 0.29) is 24.2 Å². The van der Waals surface area contributed by atoms with E-state index < -0.39 is 11.9 Å². The number of rotatable bonds is 2. The zero-order valence-corrected chi connectivity index (χ0v) is 14.2. The fourth-order valence-electron chi connectivity index (χ4n) is 2.93. The van der Waals surface area contributed by atoms with Gasteiger partial charge in [0.25, 0.3) is 0 Å². The lowest BCUT2D eigenvalue weighted by Crippen LogP contribution is -2.58. The van der Waals surface area contributed by atoms with Gasteiger partial charge in [0.05, 0.1) is 5.69 Å². The molecule has 25 heavy (non-hydrogen) atoms. The molecule has 0 spiro atoms. The maximum atomic E-state index is 14.1. The van der Waals surface area contributed by atoms with Crippen molar-refractivity contribution in [2.45, 2.75) is 19.9 Å². The number of benzene rings is 2. The SMILES string of the molecule is Cc1ccc(F)c(N2CCN(C(=O)Nc3ccccc3)C(C)C2=O)c1. The smallest absolute Gasteiger partial charge is 0.311 e. The van der Waals surface area contributed by atoms with E-state index >= 15 is 0 Å². The first kappa shape index (κ1) is 17.0. The molecule has 0 aromatic heterocycles. The highest BCUT2D eigenvalue weighted by Gasteiger charge is 2.36. The molecule has 1 unspecified atom stereocenters. The minimum Gasteiger partial charge on any atom is -0.311 e. The average molecular weight is 341 g/mol. The first-order valence-electron chi connectivity index (χ1n) is 8.17. The number of urea groups is 1. The standard InChI is InChI=1S/C19H20FN3O2/c1-13-8-9-16(20)17(12-13)23-11-10-22(14(2)18(23)24)19(25)21-15-6-4-3-5-7-15/h3-9,12,14H,10-11H2,1-2H3,(H,21,25). The van der Waals surface area contributed by atoms with Crippen molar-refractivity contribution in [3.8, 4) is 0 Å². The number of piperazine rings is 1. The van der Waals surface area contributed by atoms with Crippen molar-refractivity contribution in [1.29, 1.82) is 0 Å². The number of anilines is 2. The van der Waals surface area contributed by atoms with Gasteiger partial charge in [0.2, 0.25) is 5.91 Å². The summed E-state index contributed by atoms with van der Waals surface area (Å²) in [6.07, 6.45) is 0. The van der Waals surface area contributed by atoms with Gasteiger partial charge < -0.3 is 15.1 Å². The highest BCUT2D eigenvalue weighted by Crippen LogP contribution is 2.25. The molecule has 3 amide bonds. The molecule has 0 radical (unpaired) electrons. The van der Waals surface area contributed by atoms with Gasteiger partial charge in [-0.25, -0.2) is 9.18 Å². The number of halogens is 1. The van der Waals surface area contributed by atoms with Crippen LogP contribution in [-0.4, -0.2) is 36.0 Å². The molecule has 1 fully saturated rings. The zero-order valence-electron chi connectivity index (χ0n) is 14.2. The number of carbonyl (C=O) groups excluding carboxylic acids is 2. The lowest BCUT2D eigenvalue weighted by Gasteiger charge is -2.39. The fourth-order valence-corrected chi connectivity index (χ4v) is 2.93. The number of nitrogens with one attached hydrogen (secondary N) is 1. The van der Waals surface area contributed by atoms with E-state index in [0.29, 0.717) is 12.2 Å². The zero-order chi connectivity index (χ0) is 18.0. The van der Waals surface area contributed by atoms with E-state index in [1.807, 2.05) is 25.1 Å². The Morgan fingerprint density at radius 2 is 1.88 bits per heavy atom. The van der Waals surface area contributed by atoms with Gasteiger partial charge in [0.1, 0.15) is 11.9 Å². The van der Waals surface area contributed by atoms with E-state index in [1.54, 1.807) is 31.2 Å². The van der Waals surface area contributed by atoms with E-state index in [9.17, 15) is 14.0 Å². The molecule has 1 aliphatic heterocycles. The van der Waals surface area contributed by atoms with Crippen molar-refractivity contribution >= 4 is 23.3 Å². The molecule has 1 heterocycles. The first-order chi connectivity index (χ1) is 12.0. The van der Waals surface area contributed by atoms with Crippen LogP contribution in [0.1, 0.15) is 12.5 Å². The van der Waals surface area contributed by atoms with Crippen molar-refractivity contribution in [3.05, 3.63) is 59.9 Å². The molecule has 1 aliphatic rings. The van der Waals surface area contributed by atoms with Gasteiger partial charge >= 0.3 is 6.03 Å². The summed E-state index contributed by atoms with van der Waals surface area (Å²) >= 11 is 0. The van der Waals surface area contributed by atoms with Crippen molar-refractivity contribution < 1.29 is 14.0 Å². The molecule has 2 aromatic rings. The minimum absolute atomic E-state index is 0.256. The second-order valence-corrected chi connectivity index (χ2v) is 6.11. The van der Waals surface area contributed by atoms with Crippen LogP contribution >= 0.6 is 0 Å². The highest BCUT2D eigenvalue weighted by atomic mass is 19.1. The third kappa shape index (κ3) is 3.47. The number of para-hydroxylation sites is 1. The van der Waals surface area contributed by atoms with Crippen LogP contribution in [-0.2, 0) is 4.79 Å². The van der Waals surface area contributed by atoms with Gasteiger partial charge in [0, 0.05) is 18.8 Å². The second kappa shape index (κ2) is 6.93. The predicted molar refractivity (Wildman–Crippen MR) is 95.1 cm³/mol. The molecule has 2 aromatic carbocycles. The number of hydrogen-bond donors (Lipinski definition) is 1. The van der Waals surface area contributed by atoms with Crippen LogP contribution in [0.15, 0.2) is 48.5 Å². The third-order valence-electron chi connectivity index (χ3n) is 4.33. The summed E-state index contributed by atoms with van der Waals surface area (Å²) in [6.45, 7) is 4.10. The van der Waals surface area contributed by atoms with Crippen LogP contribution < -0.4 is 10.2 Å². The Morgan fingerprint density at radius 1 is 1.16 bits per heavy atom. The Labute approximate surface area is 146 Å². The Balaban J connectivity index is 1.75. The monoisotopic (exact) mass is 341 g/mol. The summed E-state index contributed by atoms with van der Waals surface area (Å²) < 4.78 is 14.1. The van der Waals surface area contributed by atoms with Crippen LogP contribution in [0.4, 0.5) is 20.6 Å². The molecule has 1 N–H and O–H groups in total. The lowest BCUT2D eigenvalue weighted by molar-refractivity contribution is -0.123. The Hall–Kier alpha value is -2.89. The van der Waals surface area contributed by atoms with Crippen LogP contribution in [0.5, 0.6) is 0 Å². The van der Waals surface area contributed by atoms with E-state index in [1.165, 1.54) is 15.9 Å². The number of carbonyl (C=O) groups is 2. The predicted octanol–water partition coefficient (Wildman–Crippen LogP) is 3.40. The normalized spacial score (nSPS) is 17.6. The van der Waals surface area contributed by atoms with Crippen LogP contribution in [0.2, 0.25) is 0 Å². The summed E-state index contributed by atoms with van der Waals surface area (Å²) in [5.41, 5.74) is 1.81. The van der Waals surface area contributed by atoms with Crippen molar-refractivity contribution in [2.75, 3.05) is 23.3 Å². The Morgan fingerprint density at radius 3 is 2.60 bits per heavy atom. The van der Waals surface area contributed by atoms with E-state index in [2.05, 4.69) is 5.32 Å². The number of nitrogens with zero attached hydrogens (tertiary/aromatic N) is 2. The molecule has 5 nitrogen and oxygen atoms in total. The van der Waals surface area contributed by atoms with Gasteiger partial charge in [-0.1, -0.05) is 24.3 Å². The van der Waals surface area contributed by atoms with Gasteiger partial charge in [-0.05, 0) is 43.7 Å². The summed E-state index contributed by atoms with van der Waals surface area (Å²) in [7, 11) is 0. The van der Waals surface area contributed by atoms with Crippen molar-refractivity contribution in [3.63, 3.8) is 0 Å². The topological polar surface area (TPSA) is 52.6 Å². The Bertz CT molecular complexity index is 795. The quantitative estimate of drug-likeness (QED) is 0.910. The van der Waals surface area contributed by atoms with Crippen LogP contribution in [0.3, 0.4) is 0 Å². The lowest BCUT2D eigenvalue weighted by atomic mass is 10.1. The molecule has 3 rings (SSSR count). The minimum atomic E-state index is -0.669. The van der Waals surface area contributed by atoms with Gasteiger partial charge in [0.15, 0.2) is 0 Å². The summed E-state index contributed by atoms with van der Waals surface area (Å²) in [5, 5.41) is 2.78. The van der Waals surface area contributed by atoms with Gasteiger partial charge in [-0.15, -0.1) is 0 Å².